The molecular formula is C17H20N2O3S. The molecule has 1 unspecified atom stereocenters. The van der Waals surface area contributed by atoms with E-state index >= 15 is 0 Å². The van der Waals surface area contributed by atoms with Crippen LogP contribution in [0.3, 0.4) is 0 Å². The molecule has 23 heavy (non-hydrogen) atoms. The molecule has 0 bridgehead atoms. The lowest BCUT2D eigenvalue weighted by molar-refractivity contribution is -0.139. The number of aliphatic carboxylic acids is 1. The van der Waals surface area contributed by atoms with Gasteiger partial charge in [0.25, 0.3) is 5.91 Å². The summed E-state index contributed by atoms with van der Waals surface area (Å²) >= 11 is 1.55. The Bertz CT molecular complexity index is 709. The molecule has 2 aromatic rings. The van der Waals surface area contributed by atoms with Crippen molar-refractivity contribution in [3.63, 3.8) is 0 Å². The topological polar surface area (TPSA) is 79.3 Å². The molecule has 6 heteroatoms. The molecule has 0 aliphatic heterocycles. The number of thiazole rings is 1. The molecule has 1 heterocycles. The summed E-state index contributed by atoms with van der Waals surface area (Å²) in [5, 5.41) is 14.7. The number of benzene rings is 1. The van der Waals surface area contributed by atoms with Gasteiger partial charge in [-0.3, -0.25) is 4.79 Å². The van der Waals surface area contributed by atoms with Crippen molar-refractivity contribution in [1.82, 2.24) is 10.3 Å². The fraction of sp³-hybridized carbons (Fsp3) is 0.353. The molecule has 0 aliphatic rings. The van der Waals surface area contributed by atoms with Gasteiger partial charge in [-0.1, -0.05) is 26.0 Å². The Kier molecular flexibility index (Phi) is 5.50. The number of aromatic nitrogens is 1. The van der Waals surface area contributed by atoms with Crippen molar-refractivity contribution < 1.29 is 14.7 Å². The van der Waals surface area contributed by atoms with Gasteiger partial charge in [-0.15, -0.1) is 11.3 Å². The average molecular weight is 332 g/mol. The first-order valence-electron chi connectivity index (χ1n) is 7.43. The van der Waals surface area contributed by atoms with Crippen molar-refractivity contribution in [3.8, 4) is 11.3 Å². The van der Waals surface area contributed by atoms with Gasteiger partial charge in [0.05, 0.1) is 10.7 Å². The Labute approximate surface area is 139 Å². The molecule has 0 aliphatic carbocycles. The highest BCUT2D eigenvalue weighted by Gasteiger charge is 2.21. The summed E-state index contributed by atoms with van der Waals surface area (Å²) < 4.78 is 0. The maximum atomic E-state index is 12.3. The van der Waals surface area contributed by atoms with Crippen LogP contribution in [0.15, 0.2) is 29.6 Å². The number of amides is 1. The Morgan fingerprint density at radius 1 is 1.35 bits per heavy atom. The number of rotatable bonds is 6. The fourth-order valence-corrected chi connectivity index (χ4v) is 2.87. The zero-order chi connectivity index (χ0) is 17.0. The van der Waals surface area contributed by atoms with E-state index in [2.05, 4.69) is 10.3 Å². The van der Waals surface area contributed by atoms with Gasteiger partial charge in [0, 0.05) is 16.5 Å². The number of carbonyl (C=O) groups excluding carboxylic acids is 1. The van der Waals surface area contributed by atoms with Gasteiger partial charge >= 0.3 is 5.97 Å². The second-order valence-corrected chi connectivity index (χ2v) is 6.89. The highest BCUT2D eigenvalue weighted by Crippen LogP contribution is 2.22. The number of aryl methyl sites for hydroxylation is 1. The van der Waals surface area contributed by atoms with E-state index in [0.717, 1.165) is 16.3 Å². The molecular weight excluding hydrogens is 312 g/mol. The van der Waals surface area contributed by atoms with Crippen LogP contribution in [0, 0.1) is 12.8 Å². The minimum atomic E-state index is -1.02. The number of carboxylic acid groups (broad SMARTS) is 1. The zero-order valence-corrected chi connectivity index (χ0v) is 14.2. The van der Waals surface area contributed by atoms with Crippen LogP contribution in [0.4, 0.5) is 0 Å². The second-order valence-electron chi connectivity index (χ2n) is 5.83. The summed E-state index contributed by atoms with van der Waals surface area (Å²) in [6, 6.07) is 6.18. The lowest BCUT2D eigenvalue weighted by Gasteiger charge is -2.16. The summed E-state index contributed by atoms with van der Waals surface area (Å²) in [6.07, 6.45) is 0.395. The largest absolute Gasteiger partial charge is 0.480 e. The Balaban J connectivity index is 2.17. The van der Waals surface area contributed by atoms with E-state index in [1.54, 1.807) is 29.5 Å². The van der Waals surface area contributed by atoms with Gasteiger partial charge in [0.15, 0.2) is 0 Å². The molecule has 5 nitrogen and oxygen atoms in total. The number of carboxylic acids is 1. The molecule has 1 amide bonds. The van der Waals surface area contributed by atoms with Crippen molar-refractivity contribution in [3.05, 3.63) is 40.2 Å². The van der Waals surface area contributed by atoms with E-state index in [9.17, 15) is 14.7 Å². The van der Waals surface area contributed by atoms with E-state index < -0.39 is 12.0 Å². The number of hydrogen-bond donors (Lipinski definition) is 2. The van der Waals surface area contributed by atoms with Crippen LogP contribution in [-0.2, 0) is 4.79 Å². The number of carbonyl (C=O) groups is 2. The van der Waals surface area contributed by atoms with Crippen LogP contribution in [-0.4, -0.2) is 28.0 Å². The number of nitrogens with zero attached hydrogens (tertiary/aromatic N) is 1. The van der Waals surface area contributed by atoms with Gasteiger partial charge in [-0.25, -0.2) is 9.78 Å². The lowest BCUT2D eigenvalue weighted by Crippen LogP contribution is -2.41. The summed E-state index contributed by atoms with van der Waals surface area (Å²) in [7, 11) is 0. The van der Waals surface area contributed by atoms with Crippen molar-refractivity contribution in [2.75, 3.05) is 0 Å². The van der Waals surface area contributed by atoms with Crippen LogP contribution in [0.5, 0.6) is 0 Å². The van der Waals surface area contributed by atoms with Gasteiger partial charge in [-0.05, 0) is 31.4 Å². The first-order valence-corrected chi connectivity index (χ1v) is 8.31. The van der Waals surface area contributed by atoms with Crippen LogP contribution in [0.2, 0.25) is 0 Å². The third-order valence-electron chi connectivity index (χ3n) is 3.35. The monoisotopic (exact) mass is 332 g/mol. The molecule has 122 valence electrons. The van der Waals surface area contributed by atoms with E-state index in [-0.39, 0.29) is 11.8 Å². The predicted molar refractivity (Wildman–Crippen MR) is 90.6 cm³/mol. The summed E-state index contributed by atoms with van der Waals surface area (Å²) in [5.74, 6) is -1.22. The zero-order valence-electron chi connectivity index (χ0n) is 13.4. The molecule has 0 saturated carbocycles. The second kappa shape index (κ2) is 7.37. The van der Waals surface area contributed by atoms with E-state index in [0.29, 0.717) is 12.0 Å². The van der Waals surface area contributed by atoms with Crippen molar-refractivity contribution in [2.24, 2.45) is 5.92 Å². The maximum Gasteiger partial charge on any atom is 0.326 e. The van der Waals surface area contributed by atoms with Gasteiger partial charge in [-0.2, -0.15) is 0 Å². The third-order valence-corrected chi connectivity index (χ3v) is 4.12. The van der Waals surface area contributed by atoms with E-state index in [1.165, 1.54) is 0 Å². The predicted octanol–water partition coefficient (Wildman–Crippen LogP) is 3.35. The highest BCUT2D eigenvalue weighted by atomic mass is 32.1. The first kappa shape index (κ1) is 17.1. The minimum absolute atomic E-state index is 0.181. The van der Waals surface area contributed by atoms with E-state index in [4.69, 9.17) is 0 Å². The molecule has 2 N–H and O–H groups in total. The average Bonchev–Trinajstić information content (AvgIpc) is 2.92. The van der Waals surface area contributed by atoms with Gasteiger partial charge < -0.3 is 10.4 Å². The number of nitrogens with one attached hydrogen (secondary N) is 1. The van der Waals surface area contributed by atoms with Crippen LogP contribution in [0.25, 0.3) is 11.3 Å². The maximum absolute atomic E-state index is 12.3. The first-order chi connectivity index (χ1) is 10.9. The Morgan fingerprint density at radius 2 is 2.09 bits per heavy atom. The van der Waals surface area contributed by atoms with E-state index in [1.807, 2.05) is 32.2 Å². The van der Waals surface area contributed by atoms with Crippen LogP contribution >= 0.6 is 11.3 Å². The quantitative estimate of drug-likeness (QED) is 0.850. The van der Waals surface area contributed by atoms with Crippen molar-refractivity contribution >= 4 is 23.2 Å². The summed E-state index contributed by atoms with van der Waals surface area (Å²) in [5.41, 5.74) is 2.10. The van der Waals surface area contributed by atoms with Crippen molar-refractivity contribution in [1.29, 1.82) is 0 Å². The molecule has 0 radical (unpaired) electrons. The Morgan fingerprint density at radius 3 is 2.65 bits per heavy atom. The molecule has 2 rings (SSSR count). The van der Waals surface area contributed by atoms with Gasteiger partial charge in [0.2, 0.25) is 0 Å². The van der Waals surface area contributed by atoms with Gasteiger partial charge in [0.1, 0.15) is 6.04 Å². The fourth-order valence-electron chi connectivity index (χ4n) is 2.25. The molecule has 0 fully saturated rings. The SMILES string of the molecule is Cc1nc(-c2cccc(C(=O)NC(CC(C)C)C(=O)O)c2)cs1. The van der Waals surface area contributed by atoms with Crippen molar-refractivity contribution in [2.45, 2.75) is 33.2 Å². The molecule has 0 saturated heterocycles. The normalized spacial score (nSPS) is 12.2. The standard InChI is InChI=1S/C17H20N2O3S/c1-10(2)7-14(17(21)22)19-16(20)13-6-4-5-12(8-13)15-9-23-11(3)18-15/h4-6,8-10,14H,7H2,1-3H3,(H,19,20)(H,21,22). The molecule has 1 atom stereocenters. The summed E-state index contributed by atoms with van der Waals surface area (Å²) in [6.45, 7) is 5.77. The third kappa shape index (κ3) is 4.63. The Hall–Kier alpha value is -2.21. The molecule has 1 aromatic carbocycles. The lowest BCUT2D eigenvalue weighted by atomic mass is 10.0. The molecule has 0 spiro atoms. The molecule has 1 aromatic heterocycles. The highest BCUT2D eigenvalue weighted by molar-refractivity contribution is 7.09. The number of hydrogen-bond acceptors (Lipinski definition) is 4. The summed E-state index contributed by atoms with van der Waals surface area (Å²) in [4.78, 5) is 28.0. The minimum Gasteiger partial charge on any atom is -0.480 e. The van der Waals surface area contributed by atoms with Crippen LogP contribution in [0.1, 0.15) is 35.6 Å². The smallest absolute Gasteiger partial charge is 0.326 e. The van der Waals surface area contributed by atoms with Crippen LogP contribution < -0.4 is 5.32 Å².